The molecular weight excluding hydrogens is 454 g/mol. The van der Waals surface area contributed by atoms with Crippen LogP contribution in [0.5, 0.6) is 11.5 Å². The summed E-state index contributed by atoms with van der Waals surface area (Å²) in [5, 5.41) is 12.9. The number of aliphatic hydroxyl groups is 1. The number of H-pyrrole nitrogens is 1. The van der Waals surface area contributed by atoms with Crippen molar-refractivity contribution in [1.29, 1.82) is 0 Å². The molecule has 0 spiro atoms. The van der Waals surface area contributed by atoms with Gasteiger partial charge in [0.1, 0.15) is 10.7 Å². The van der Waals surface area contributed by atoms with Crippen LogP contribution in [-0.2, 0) is 11.3 Å². The molecule has 0 aliphatic rings. The first kappa shape index (κ1) is 26.2. The topological polar surface area (TPSA) is 96.9 Å². The SMILES string of the molecule is COc1ccc(-c2csc3nc(CN(CC(C)C)CC(O)COC(C)C)[nH]c(=O)c23)cc1OC. The average molecular weight is 490 g/mol. The molecular formula is C25H35N3O5S. The maximum atomic E-state index is 13.1. The van der Waals surface area contributed by atoms with Gasteiger partial charge in [0.25, 0.3) is 5.56 Å². The van der Waals surface area contributed by atoms with E-state index >= 15 is 0 Å². The summed E-state index contributed by atoms with van der Waals surface area (Å²) in [6.45, 7) is 10.0. The summed E-state index contributed by atoms with van der Waals surface area (Å²) < 4.78 is 16.3. The molecule has 0 aliphatic carbocycles. The van der Waals surface area contributed by atoms with Gasteiger partial charge in [0.2, 0.25) is 0 Å². The van der Waals surface area contributed by atoms with E-state index in [9.17, 15) is 9.90 Å². The van der Waals surface area contributed by atoms with E-state index < -0.39 is 6.10 Å². The first-order valence-corrected chi connectivity index (χ1v) is 12.3. The van der Waals surface area contributed by atoms with Gasteiger partial charge in [0.05, 0.1) is 45.0 Å². The molecule has 0 aliphatic heterocycles. The Morgan fingerprint density at radius 2 is 1.85 bits per heavy atom. The standard InChI is InChI=1S/C25H35N3O5S/c1-15(2)10-28(11-18(29)13-33-16(3)4)12-22-26-24(30)23-19(14-34-25(23)27-22)17-7-8-20(31-5)21(9-17)32-6/h7-9,14-16,18,29H,10-13H2,1-6H3,(H,26,27,30). The van der Waals surface area contributed by atoms with Crippen LogP contribution in [0.3, 0.4) is 0 Å². The predicted octanol–water partition coefficient (Wildman–Crippen LogP) is 3.91. The van der Waals surface area contributed by atoms with Crippen molar-refractivity contribution < 1.29 is 19.3 Å². The number of aliphatic hydroxyl groups excluding tert-OH is 1. The lowest BCUT2D eigenvalue weighted by molar-refractivity contribution is -0.0111. The molecule has 0 radical (unpaired) electrons. The Bertz CT molecular complexity index is 1140. The quantitative estimate of drug-likeness (QED) is 0.398. The maximum Gasteiger partial charge on any atom is 0.260 e. The fourth-order valence-corrected chi connectivity index (χ4v) is 4.84. The van der Waals surface area contributed by atoms with Gasteiger partial charge in [0, 0.05) is 24.0 Å². The number of aromatic amines is 1. The van der Waals surface area contributed by atoms with Crippen LogP contribution in [0, 0.1) is 5.92 Å². The molecule has 9 heteroatoms. The number of thiophene rings is 1. The second-order valence-electron chi connectivity index (χ2n) is 9.04. The Balaban J connectivity index is 1.86. The molecule has 2 N–H and O–H groups in total. The summed E-state index contributed by atoms with van der Waals surface area (Å²) in [7, 11) is 3.18. The van der Waals surface area contributed by atoms with Crippen molar-refractivity contribution in [2.45, 2.75) is 46.4 Å². The molecule has 0 amide bonds. The zero-order chi connectivity index (χ0) is 24.8. The minimum atomic E-state index is -0.616. The van der Waals surface area contributed by atoms with E-state index in [1.165, 1.54) is 11.3 Å². The number of rotatable bonds is 12. The molecule has 3 aromatic rings. The van der Waals surface area contributed by atoms with Gasteiger partial charge in [-0.15, -0.1) is 11.3 Å². The fourth-order valence-electron chi connectivity index (χ4n) is 3.87. The average Bonchev–Trinajstić information content (AvgIpc) is 3.21. The van der Waals surface area contributed by atoms with Crippen LogP contribution in [0.4, 0.5) is 0 Å². The van der Waals surface area contributed by atoms with Crippen molar-refractivity contribution in [3.05, 3.63) is 39.8 Å². The Morgan fingerprint density at radius 3 is 2.50 bits per heavy atom. The van der Waals surface area contributed by atoms with E-state index in [1.807, 2.05) is 37.4 Å². The number of benzene rings is 1. The van der Waals surface area contributed by atoms with Crippen LogP contribution >= 0.6 is 11.3 Å². The highest BCUT2D eigenvalue weighted by molar-refractivity contribution is 7.17. The van der Waals surface area contributed by atoms with Gasteiger partial charge < -0.3 is 24.3 Å². The lowest BCUT2D eigenvalue weighted by Crippen LogP contribution is -2.38. The molecule has 0 saturated carbocycles. The van der Waals surface area contributed by atoms with Crippen LogP contribution in [0.1, 0.15) is 33.5 Å². The van der Waals surface area contributed by atoms with Crippen LogP contribution in [0.25, 0.3) is 21.3 Å². The van der Waals surface area contributed by atoms with Gasteiger partial charge in [-0.1, -0.05) is 19.9 Å². The molecule has 1 unspecified atom stereocenters. The van der Waals surface area contributed by atoms with Crippen molar-refractivity contribution in [2.75, 3.05) is 33.9 Å². The zero-order valence-electron chi connectivity index (χ0n) is 20.8. The predicted molar refractivity (Wildman–Crippen MR) is 136 cm³/mol. The van der Waals surface area contributed by atoms with Crippen LogP contribution in [-0.4, -0.2) is 66.1 Å². The monoisotopic (exact) mass is 489 g/mol. The van der Waals surface area contributed by atoms with Gasteiger partial charge in [-0.25, -0.2) is 4.98 Å². The van der Waals surface area contributed by atoms with Crippen molar-refractivity contribution in [3.63, 3.8) is 0 Å². The van der Waals surface area contributed by atoms with E-state index in [0.29, 0.717) is 46.5 Å². The largest absolute Gasteiger partial charge is 0.493 e. The third-order valence-electron chi connectivity index (χ3n) is 5.28. The number of aromatic nitrogens is 2. The lowest BCUT2D eigenvalue weighted by Gasteiger charge is -2.26. The molecule has 1 aromatic carbocycles. The summed E-state index contributed by atoms with van der Waals surface area (Å²) in [6.07, 6.45) is -0.553. The summed E-state index contributed by atoms with van der Waals surface area (Å²) >= 11 is 1.44. The molecule has 2 heterocycles. The minimum Gasteiger partial charge on any atom is -0.493 e. The van der Waals surface area contributed by atoms with E-state index in [-0.39, 0.29) is 18.3 Å². The highest BCUT2D eigenvalue weighted by atomic mass is 32.1. The van der Waals surface area contributed by atoms with Crippen molar-refractivity contribution >= 4 is 21.6 Å². The van der Waals surface area contributed by atoms with Gasteiger partial charge in [-0.05, 0) is 37.5 Å². The highest BCUT2D eigenvalue weighted by Crippen LogP contribution is 2.36. The van der Waals surface area contributed by atoms with E-state index in [2.05, 4.69) is 23.7 Å². The smallest absolute Gasteiger partial charge is 0.260 e. The number of nitrogens with one attached hydrogen (secondary N) is 1. The van der Waals surface area contributed by atoms with Crippen LogP contribution in [0.2, 0.25) is 0 Å². The summed E-state index contributed by atoms with van der Waals surface area (Å²) in [5.41, 5.74) is 1.49. The molecule has 3 rings (SSSR count). The Hall–Kier alpha value is -2.46. The van der Waals surface area contributed by atoms with Crippen molar-refractivity contribution in [3.8, 4) is 22.6 Å². The van der Waals surface area contributed by atoms with Crippen molar-refractivity contribution in [2.24, 2.45) is 5.92 Å². The second kappa shape index (κ2) is 11.8. The van der Waals surface area contributed by atoms with Crippen molar-refractivity contribution in [1.82, 2.24) is 14.9 Å². The number of fused-ring (bicyclic) bond motifs is 1. The second-order valence-corrected chi connectivity index (χ2v) is 9.89. The molecule has 2 aromatic heterocycles. The molecule has 0 fully saturated rings. The summed E-state index contributed by atoms with van der Waals surface area (Å²) in [6, 6.07) is 5.59. The van der Waals surface area contributed by atoms with Gasteiger partial charge in [-0.2, -0.15) is 0 Å². The van der Waals surface area contributed by atoms with Crippen LogP contribution < -0.4 is 15.0 Å². The molecule has 0 saturated heterocycles. The van der Waals surface area contributed by atoms with Gasteiger partial charge in [0.15, 0.2) is 11.5 Å². The number of nitrogens with zero attached hydrogens (tertiary/aromatic N) is 2. The minimum absolute atomic E-state index is 0.0623. The number of ether oxygens (including phenoxy) is 3. The summed E-state index contributed by atoms with van der Waals surface area (Å²) in [5.74, 6) is 2.21. The first-order chi connectivity index (χ1) is 16.2. The Labute approximate surface area is 204 Å². The zero-order valence-corrected chi connectivity index (χ0v) is 21.6. The highest BCUT2D eigenvalue weighted by Gasteiger charge is 2.18. The Morgan fingerprint density at radius 1 is 1.12 bits per heavy atom. The fraction of sp³-hybridized carbons (Fsp3) is 0.520. The number of hydrogen-bond donors (Lipinski definition) is 2. The number of methoxy groups -OCH3 is 2. The molecule has 34 heavy (non-hydrogen) atoms. The number of hydrogen-bond acceptors (Lipinski definition) is 8. The third-order valence-corrected chi connectivity index (χ3v) is 6.15. The normalized spacial score (nSPS) is 12.8. The van der Waals surface area contributed by atoms with E-state index in [4.69, 9.17) is 19.2 Å². The molecule has 8 nitrogen and oxygen atoms in total. The Kier molecular flexibility index (Phi) is 9.07. The molecule has 1 atom stereocenters. The molecule has 186 valence electrons. The van der Waals surface area contributed by atoms with E-state index in [1.54, 1.807) is 14.2 Å². The first-order valence-electron chi connectivity index (χ1n) is 11.5. The lowest BCUT2D eigenvalue weighted by atomic mass is 10.1. The van der Waals surface area contributed by atoms with E-state index in [0.717, 1.165) is 17.7 Å². The summed E-state index contributed by atoms with van der Waals surface area (Å²) in [4.78, 5) is 23.6. The maximum absolute atomic E-state index is 13.1. The van der Waals surface area contributed by atoms with Gasteiger partial charge in [-0.3, -0.25) is 9.69 Å². The van der Waals surface area contributed by atoms with Gasteiger partial charge >= 0.3 is 0 Å². The third kappa shape index (κ3) is 6.56. The molecule has 0 bridgehead atoms. The van der Waals surface area contributed by atoms with Crippen LogP contribution in [0.15, 0.2) is 28.4 Å².